The molecule has 0 fully saturated rings. The van der Waals surface area contributed by atoms with Crippen LogP contribution in [0.4, 0.5) is 5.69 Å². The Morgan fingerprint density at radius 3 is 2.54 bits per heavy atom. The maximum Gasteiger partial charge on any atom is 0.313 e. The van der Waals surface area contributed by atoms with Crippen LogP contribution in [-0.4, -0.2) is 47.1 Å². The molecule has 0 aliphatic rings. The molecule has 0 aliphatic carbocycles. The molecule has 0 unspecified atom stereocenters. The highest BCUT2D eigenvalue weighted by molar-refractivity contribution is 6.39. The molecule has 1 atom stereocenters. The molecule has 8 nitrogen and oxygen atoms in total. The third kappa shape index (κ3) is 3.83. The Morgan fingerprint density at radius 1 is 1.33 bits per heavy atom. The van der Waals surface area contributed by atoms with Gasteiger partial charge in [-0.2, -0.15) is 5.10 Å². The second-order valence-electron chi connectivity index (χ2n) is 5.83. The van der Waals surface area contributed by atoms with E-state index in [2.05, 4.69) is 15.7 Å². The number of nitrogens with one attached hydrogen (secondary N) is 2. The number of carbonyl (C=O) groups excluding carboxylic acids is 2. The van der Waals surface area contributed by atoms with Crippen LogP contribution in [0.3, 0.4) is 0 Å². The lowest BCUT2D eigenvalue weighted by Gasteiger charge is -2.22. The van der Waals surface area contributed by atoms with Crippen molar-refractivity contribution in [3.05, 3.63) is 35.5 Å². The normalized spacial score (nSPS) is 12.2. The van der Waals surface area contributed by atoms with Crippen LogP contribution in [0.1, 0.15) is 23.2 Å². The summed E-state index contributed by atoms with van der Waals surface area (Å²) in [7, 11) is 5.53. The number of hydrogen-bond acceptors (Lipinski definition) is 5. The quantitative estimate of drug-likeness (QED) is 0.796. The molecule has 0 spiro atoms. The maximum absolute atomic E-state index is 12.1. The standard InChI is InChI=1S/C16H23N5O3/c1-10-14(11(2)21(5)19-10)18-16(23)15(22)17-9-12(20(3)4)13-7-6-8-24-13/h6-8,12H,9H2,1-5H3,(H,17,22)(H,18,23)/t12-/m1/s1. The SMILES string of the molecule is Cc1nn(C)c(C)c1NC(=O)C(=O)NC[C@H](c1ccco1)N(C)C. The first-order chi connectivity index (χ1) is 11.3. The lowest BCUT2D eigenvalue weighted by atomic mass is 10.2. The summed E-state index contributed by atoms with van der Waals surface area (Å²) in [5.74, 6) is -0.693. The summed E-state index contributed by atoms with van der Waals surface area (Å²) in [5.41, 5.74) is 2.01. The van der Waals surface area contributed by atoms with Crippen molar-refractivity contribution in [1.29, 1.82) is 0 Å². The van der Waals surface area contributed by atoms with Crippen LogP contribution in [0.2, 0.25) is 0 Å². The number of likely N-dealkylation sites (N-methyl/N-ethyl adjacent to an activating group) is 1. The first-order valence-electron chi connectivity index (χ1n) is 7.60. The zero-order chi connectivity index (χ0) is 17.9. The van der Waals surface area contributed by atoms with Gasteiger partial charge in [0.15, 0.2) is 0 Å². The molecule has 130 valence electrons. The van der Waals surface area contributed by atoms with Crippen molar-refractivity contribution in [3.8, 4) is 0 Å². The Hall–Kier alpha value is -2.61. The number of nitrogens with zero attached hydrogens (tertiary/aromatic N) is 3. The van der Waals surface area contributed by atoms with E-state index >= 15 is 0 Å². The molecule has 2 N–H and O–H groups in total. The lowest BCUT2D eigenvalue weighted by molar-refractivity contribution is -0.136. The highest BCUT2D eigenvalue weighted by Gasteiger charge is 2.22. The number of amides is 2. The van der Waals surface area contributed by atoms with Gasteiger partial charge in [-0.3, -0.25) is 19.2 Å². The average Bonchev–Trinajstić information content (AvgIpc) is 3.12. The molecule has 0 radical (unpaired) electrons. The van der Waals surface area contributed by atoms with Crippen LogP contribution in [-0.2, 0) is 16.6 Å². The Labute approximate surface area is 140 Å². The molecule has 0 bridgehead atoms. The molecule has 2 heterocycles. The number of anilines is 1. The molecule has 2 rings (SSSR count). The molecule has 8 heteroatoms. The third-order valence-corrected chi connectivity index (χ3v) is 3.90. The van der Waals surface area contributed by atoms with Crippen molar-refractivity contribution in [3.63, 3.8) is 0 Å². The van der Waals surface area contributed by atoms with E-state index in [0.29, 0.717) is 11.4 Å². The van der Waals surface area contributed by atoms with Crippen LogP contribution in [0.25, 0.3) is 0 Å². The van der Waals surface area contributed by atoms with Gasteiger partial charge < -0.3 is 15.1 Å². The average molecular weight is 333 g/mol. The van der Waals surface area contributed by atoms with Crippen LogP contribution < -0.4 is 10.6 Å². The van der Waals surface area contributed by atoms with Gasteiger partial charge in [0.2, 0.25) is 0 Å². The largest absolute Gasteiger partial charge is 0.468 e. The van der Waals surface area contributed by atoms with Gasteiger partial charge >= 0.3 is 11.8 Å². The monoisotopic (exact) mass is 333 g/mol. The highest BCUT2D eigenvalue weighted by Crippen LogP contribution is 2.19. The summed E-state index contributed by atoms with van der Waals surface area (Å²) in [6.45, 7) is 3.86. The van der Waals surface area contributed by atoms with Gasteiger partial charge in [-0.15, -0.1) is 0 Å². The fourth-order valence-electron chi connectivity index (χ4n) is 2.41. The number of hydrogen-bond donors (Lipinski definition) is 2. The van der Waals surface area contributed by atoms with E-state index < -0.39 is 11.8 Å². The van der Waals surface area contributed by atoms with Crippen LogP contribution in [0.15, 0.2) is 22.8 Å². The van der Waals surface area contributed by atoms with Gasteiger partial charge in [0.25, 0.3) is 0 Å². The van der Waals surface area contributed by atoms with Crippen molar-refractivity contribution in [2.24, 2.45) is 7.05 Å². The van der Waals surface area contributed by atoms with Crippen molar-refractivity contribution in [2.45, 2.75) is 19.9 Å². The van der Waals surface area contributed by atoms with E-state index in [1.54, 1.807) is 31.0 Å². The number of rotatable bonds is 5. The fraction of sp³-hybridized carbons (Fsp3) is 0.438. The van der Waals surface area contributed by atoms with Gasteiger partial charge in [0.05, 0.1) is 29.4 Å². The minimum atomic E-state index is -0.717. The molecular formula is C16H23N5O3. The number of aromatic nitrogens is 2. The Morgan fingerprint density at radius 2 is 2.04 bits per heavy atom. The summed E-state index contributed by atoms with van der Waals surface area (Å²) >= 11 is 0. The van der Waals surface area contributed by atoms with Crippen molar-refractivity contribution in [2.75, 3.05) is 26.0 Å². The minimum Gasteiger partial charge on any atom is -0.468 e. The van der Waals surface area contributed by atoms with Crippen LogP contribution in [0, 0.1) is 13.8 Å². The summed E-state index contributed by atoms with van der Waals surface area (Å²) < 4.78 is 7.03. The molecule has 0 saturated carbocycles. The molecular weight excluding hydrogens is 310 g/mol. The van der Waals surface area contributed by atoms with Crippen molar-refractivity contribution in [1.82, 2.24) is 20.0 Å². The van der Waals surface area contributed by atoms with Gasteiger partial charge in [-0.25, -0.2) is 0 Å². The van der Waals surface area contributed by atoms with Gasteiger partial charge in [0, 0.05) is 13.6 Å². The number of aryl methyl sites for hydroxylation is 2. The maximum atomic E-state index is 12.1. The molecule has 2 aromatic rings. The Balaban J connectivity index is 1.97. The van der Waals surface area contributed by atoms with E-state index in [0.717, 1.165) is 11.5 Å². The minimum absolute atomic E-state index is 0.154. The van der Waals surface area contributed by atoms with Crippen LogP contribution >= 0.6 is 0 Å². The summed E-state index contributed by atoms with van der Waals surface area (Å²) in [4.78, 5) is 26.1. The predicted molar refractivity (Wildman–Crippen MR) is 89.5 cm³/mol. The van der Waals surface area contributed by atoms with Gasteiger partial charge in [-0.1, -0.05) is 0 Å². The Bertz CT molecular complexity index is 718. The van der Waals surface area contributed by atoms with Gasteiger partial charge in [-0.05, 0) is 40.1 Å². The van der Waals surface area contributed by atoms with Crippen molar-refractivity contribution >= 4 is 17.5 Å². The Kier molecular flexibility index (Phi) is 5.40. The smallest absolute Gasteiger partial charge is 0.313 e. The second-order valence-corrected chi connectivity index (χ2v) is 5.83. The zero-order valence-electron chi connectivity index (χ0n) is 14.6. The molecule has 24 heavy (non-hydrogen) atoms. The molecule has 0 aromatic carbocycles. The van der Waals surface area contributed by atoms with E-state index in [-0.39, 0.29) is 12.6 Å². The number of carbonyl (C=O) groups is 2. The molecule has 2 aromatic heterocycles. The second kappa shape index (κ2) is 7.31. The van der Waals surface area contributed by atoms with Gasteiger partial charge in [0.1, 0.15) is 5.76 Å². The van der Waals surface area contributed by atoms with E-state index in [9.17, 15) is 9.59 Å². The van der Waals surface area contributed by atoms with E-state index in [1.165, 1.54) is 0 Å². The lowest BCUT2D eigenvalue weighted by Crippen LogP contribution is -2.40. The zero-order valence-corrected chi connectivity index (χ0v) is 14.6. The van der Waals surface area contributed by atoms with E-state index in [4.69, 9.17) is 4.42 Å². The molecule has 2 amide bonds. The fourth-order valence-corrected chi connectivity index (χ4v) is 2.41. The molecule has 0 aliphatic heterocycles. The summed E-state index contributed by atoms with van der Waals surface area (Å²) in [5, 5.41) is 9.46. The summed E-state index contributed by atoms with van der Waals surface area (Å²) in [6.07, 6.45) is 1.58. The first kappa shape index (κ1) is 17.7. The van der Waals surface area contributed by atoms with E-state index in [1.807, 2.05) is 32.0 Å². The number of furan rings is 1. The third-order valence-electron chi connectivity index (χ3n) is 3.90. The van der Waals surface area contributed by atoms with Crippen LogP contribution in [0.5, 0.6) is 0 Å². The highest BCUT2D eigenvalue weighted by atomic mass is 16.3. The summed E-state index contributed by atoms with van der Waals surface area (Å²) in [6, 6.07) is 3.46. The topological polar surface area (TPSA) is 92.4 Å². The first-order valence-corrected chi connectivity index (χ1v) is 7.60. The van der Waals surface area contributed by atoms with Crippen molar-refractivity contribution < 1.29 is 14.0 Å². The predicted octanol–water partition coefficient (Wildman–Crippen LogP) is 0.988. The molecule has 0 saturated heterocycles.